The molecular weight excluding hydrogens is 439 g/mol. The molecule has 0 aliphatic rings. The van der Waals surface area contributed by atoms with Crippen molar-refractivity contribution >= 4 is 46.8 Å². The SMILES string of the molecule is CCNC(=O)[C@@H](CC)N(Cc1ccc(C)cc1)C(=O)CSCc1ccc(Cl)c(Cl)c1. The molecule has 2 aromatic rings. The summed E-state index contributed by atoms with van der Waals surface area (Å²) in [5.41, 5.74) is 3.17. The summed E-state index contributed by atoms with van der Waals surface area (Å²) in [6.45, 7) is 6.77. The third-order valence-electron chi connectivity index (χ3n) is 4.69. The van der Waals surface area contributed by atoms with Crippen LogP contribution in [0, 0.1) is 6.92 Å². The van der Waals surface area contributed by atoms with E-state index in [9.17, 15) is 9.59 Å². The Labute approximate surface area is 193 Å². The number of nitrogens with zero attached hydrogens (tertiary/aromatic N) is 1. The molecule has 0 heterocycles. The first-order chi connectivity index (χ1) is 14.3. The summed E-state index contributed by atoms with van der Waals surface area (Å²) in [6.07, 6.45) is 0.556. The number of amides is 2. The smallest absolute Gasteiger partial charge is 0.242 e. The Morgan fingerprint density at radius 2 is 1.70 bits per heavy atom. The van der Waals surface area contributed by atoms with Crippen LogP contribution in [0.25, 0.3) is 0 Å². The summed E-state index contributed by atoms with van der Waals surface area (Å²) in [7, 11) is 0. The van der Waals surface area contributed by atoms with E-state index in [2.05, 4.69) is 5.32 Å². The van der Waals surface area contributed by atoms with Gasteiger partial charge in [0.15, 0.2) is 0 Å². The molecule has 0 fully saturated rings. The second-order valence-corrected chi connectivity index (χ2v) is 8.87. The topological polar surface area (TPSA) is 49.4 Å². The predicted octanol–water partition coefficient (Wildman–Crippen LogP) is 5.48. The fourth-order valence-electron chi connectivity index (χ4n) is 3.07. The highest BCUT2D eigenvalue weighted by Gasteiger charge is 2.28. The fourth-order valence-corrected chi connectivity index (χ4v) is 4.25. The van der Waals surface area contributed by atoms with Crippen LogP contribution in [0.2, 0.25) is 10.0 Å². The van der Waals surface area contributed by atoms with E-state index in [-0.39, 0.29) is 17.6 Å². The van der Waals surface area contributed by atoms with Crippen LogP contribution in [0.15, 0.2) is 42.5 Å². The maximum atomic E-state index is 13.1. The molecule has 0 radical (unpaired) electrons. The van der Waals surface area contributed by atoms with Crippen molar-refractivity contribution in [2.24, 2.45) is 0 Å². The average Bonchev–Trinajstić information content (AvgIpc) is 2.72. The van der Waals surface area contributed by atoms with Crippen molar-refractivity contribution in [2.75, 3.05) is 12.3 Å². The quantitative estimate of drug-likeness (QED) is 0.504. The molecule has 0 saturated heterocycles. The molecule has 2 rings (SSSR count). The largest absolute Gasteiger partial charge is 0.355 e. The van der Waals surface area contributed by atoms with Gasteiger partial charge >= 0.3 is 0 Å². The first kappa shape index (κ1) is 24.6. The predicted molar refractivity (Wildman–Crippen MR) is 127 cm³/mol. The standard InChI is InChI=1S/C23H28Cl2N2O2S/c1-4-21(23(29)26-5-2)27(13-17-8-6-16(3)7-9-17)22(28)15-30-14-18-10-11-19(24)20(25)12-18/h6-12,21H,4-5,13-15H2,1-3H3,(H,26,29)/t21-/m1/s1. The Kier molecular flexibility index (Phi) is 10.0. The van der Waals surface area contributed by atoms with Crippen molar-refractivity contribution in [3.63, 3.8) is 0 Å². The van der Waals surface area contributed by atoms with Gasteiger partial charge in [-0.1, -0.05) is 66.0 Å². The second-order valence-electron chi connectivity index (χ2n) is 7.07. The Morgan fingerprint density at radius 3 is 2.30 bits per heavy atom. The van der Waals surface area contributed by atoms with E-state index in [4.69, 9.17) is 23.2 Å². The number of thioether (sulfide) groups is 1. The van der Waals surface area contributed by atoms with Crippen molar-refractivity contribution in [2.45, 2.75) is 45.5 Å². The van der Waals surface area contributed by atoms with Gasteiger partial charge in [-0.3, -0.25) is 9.59 Å². The number of carbonyl (C=O) groups excluding carboxylic acids is 2. The number of halogens is 2. The van der Waals surface area contributed by atoms with Gasteiger partial charge in [0.05, 0.1) is 15.8 Å². The van der Waals surface area contributed by atoms with Gasteiger partial charge in [0.25, 0.3) is 0 Å². The highest BCUT2D eigenvalue weighted by molar-refractivity contribution is 7.99. The lowest BCUT2D eigenvalue weighted by atomic mass is 10.1. The molecular formula is C23H28Cl2N2O2S. The van der Waals surface area contributed by atoms with E-state index in [1.54, 1.807) is 11.0 Å². The Bertz CT molecular complexity index is 859. The summed E-state index contributed by atoms with van der Waals surface area (Å²) < 4.78 is 0. The zero-order valence-corrected chi connectivity index (χ0v) is 19.9. The fraction of sp³-hybridized carbons (Fsp3) is 0.391. The average molecular weight is 467 g/mol. The lowest BCUT2D eigenvalue weighted by Crippen LogP contribution is -2.49. The van der Waals surface area contributed by atoms with Crippen molar-refractivity contribution in [1.82, 2.24) is 10.2 Å². The van der Waals surface area contributed by atoms with Crippen LogP contribution in [0.5, 0.6) is 0 Å². The summed E-state index contributed by atoms with van der Waals surface area (Å²) in [5.74, 6) is 0.745. The van der Waals surface area contributed by atoms with Crippen molar-refractivity contribution in [3.05, 3.63) is 69.2 Å². The zero-order valence-electron chi connectivity index (χ0n) is 17.6. The first-order valence-electron chi connectivity index (χ1n) is 10.00. The second kappa shape index (κ2) is 12.2. The van der Waals surface area contributed by atoms with E-state index in [1.807, 2.05) is 57.2 Å². The van der Waals surface area contributed by atoms with Crippen molar-refractivity contribution in [1.29, 1.82) is 0 Å². The molecule has 0 aliphatic carbocycles. The van der Waals surface area contributed by atoms with Crippen LogP contribution in [0.3, 0.4) is 0 Å². The van der Waals surface area contributed by atoms with Gasteiger partial charge in [-0.2, -0.15) is 0 Å². The number of hydrogen-bond acceptors (Lipinski definition) is 3. The van der Waals surface area contributed by atoms with Gasteiger partial charge in [0, 0.05) is 18.8 Å². The number of likely N-dealkylation sites (N-methyl/N-ethyl adjacent to an activating group) is 1. The molecule has 1 N–H and O–H groups in total. The minimum Gasteiger partial charge on any atom is -0.355 e. The molecule has 0 aliphatic heterocycles. The third-order valence-corrected chi connectivity index (χ3v) is 6.42. The Balaban J connectivity index is 2.10. The molecule has 4 nitrogen and oxygen atoms in total. The normalized spacial score (nSPS) is 11.8. The molecule has 1 atom stereocenters. The lowest BCUT2D eigenvalue weighted by Gasteiger charge is -2.30. The van der Waals surface area contributed by atoms with E-state index < -0.39 is 6.04 Å². The number of nitrogens with one attached hydrogen (secondary N) is 1. The van der Waals surface area contributed by atoms with E-state index in [1.165, 1.54) is 11.8 Å². The van der Waals surface area contributed by atoms with Crippen molar-refractivity contribution < 1.29 is 9.59 Å². The number of aryl methyl sites for hydroxylation is 1. The summed E-state index contributed by atoms with van der Waals surface area (Å²) in [6, 6.07) is 13.0. The van der Waals surface area contributed by atoms with Gasteiger partial charge in [0.1, 0.15) is 6.04 Å². The van der Waals surface area contributed by atoms with E-state index in [0.29, 0.717) is 35.3 Å². The number of benzene rings is 2. The minimum absolute atomic E-state index is 0.0567. The summed E-state index contributed by atoms with van der Waals surface area (Å²) in [5, 5.41) is 3.87. The third kappa shape index (κ3) is 7.22. The molecule has 30 heavy (non-hydrogen) atoms. The van der Waals surface area contributed by atoms with E-state index in [0.717, 1.165) is 16.7 Å². The van der Waals surface area contributed by atoms with Crippen LogP contribution in [0.4, 0.5) is 0 Å². The maximum Gasteiger partial charge on any atom is 0.242 e. The van der Waals surface area contributed by atoms with Crippen LogP contribution >= 0.6 is 35.0 Å². The molecule has 2 amide bonds. The molecule has 0 aromatic heterocycles. The van der Waals surface area contributed by atoms with E-state index >= 15 is 0 Å². The van der Waals surface area contributed by atoms with Crippen LogP contribution < -0.4 is 5.32 Å². The van der Waals surface area contributed by atoms with Crippen molar-refractivity contribution in [3.8, 4) is 0 Å². The Morgan fingerprint density at radius 1 is 1.03 bits per heavy atom. The molecule has 0 unspecified atom stereocenters. The molecule has 2 aromatic carbocycles. The Hall–Kier alpha value is -1.69. The van der Waals surface area contributed by atoms with Gasteiger partial charge in [-0.05, 0) is 43.5 Å². The van der Waals surface area contributed by atoms with Gasteiger partial charge < -0.3 is 10.2 Å². The highest BCUT2D eigenvalue weighted by Crippen LogP contribution is 2.25. The zero-order chi connectivity index (χ0) is 22.1. The lowest BCUT2D eigenvalue weighted by molar-refractivity contribution is -0.139. The maximum absolute atomic E-state index is 13.1. The highest BCUT2D eigenvalue weighted by atomic mass is 35.5. The number of rotatable bonds is 10. The molecule has 0 spiro atoms. The van der Waals surface area contributed by atoms with Crippen LogP contribution in [-0.2, 0) is 21.9 Å². The molecule has 7 heteroatoms. The summed E-state index contributed by atoms with van der Waals surface area (Å²) >= 11 is 13.5. The van der Waals surface area contributed by atoms with Crippen LogP contribution in [0.1, 0.15) is 37.0 Å². The number of hydrogen-bond donors (Lipinski definition) is 1. The molecule has 162 valence electrons. The summed E-state index contributed by atoms with van der Waals surface area (Å²) in [4.78, 5) is 27.4. The minimum atomic E-state index is -0.496. The van der Waals surface area contributed by atoms with Crippen LogP contribution in [-0.4, -0.2) is 35.1 Å². The number of carbonyl (C=O) groups is 2. The monoisotopic (exact) mass is 466 g/mol. The molecule has 0 bridgehead atoms. The molecule has 0 saturated carbocycles. The van der Waals surface area contributed by atoms with Gasteiger partial charge in [0.2, 0.25) is 11.8 Å². The van der Waals surface area contributed by atoms with Gasteiger partial charge in [-0.15, -0.1) is 11.8 Å². The van der Waals surface area contributed by atoms with Gasteiger partial charge in [-0.25, -0.2) is 0 Å². The first-order valence-corrected chi connectivity index (χ1v) is 11.9.